The van der Waals surface area contributed by atoms with Crippen LogP contribution < -0.4 is 15.4 Å². The number of ether oxygens (including phenoxy) is 1. The minimum absolute atomic E-state index is 0.0141. The summed E-state index contributed by atoms with van der Waals surface area (Å²) in [5.41, 5.74) is 3.07. The summed E-state index contributed by atoms with van der Waals surface area (Å²) in [5, 5.41) is 15.7. The number of benzene rings is 4. The van der Waals surface area contributed by atoms with E-state index in [0.717, 1.165) is 28.8 Å². The van der Waals surface area contributed by atoms with Gasteiger partial charge in [-0.25, -0.2) is 9.59 Å². The molecule has 8 nitrogen and oxygen atoms in total. The van der Waals surface area contributed by atoms with Gasteiger partial charge in [0.25, 0.3) is 0 Å². The molecule has 1 unspecified atom stereocenters. The van der Waals surface area contributed by atoms with Gasteiger partial charge in [0, 0.05) is 18.5 Å². The molecule has 256 valence electrons. The van der Waals surface area contributed by atoms with Crippen LogP contribution in [0.3, 0.4) is 0 Å². The number of carboxylic acids is 1. The molecule has 0 saturated carbocycles. The first kappa shape index (κ1) is 35.0. The summed E-state index contributed by atoms with van der Waals surface area (Å²) in [4.78, 5) is 41.4. The summed E-state index contributed by atoms with van der Waals surface area (Å²) >= 11 is 0. The quantitative estimate of drug-likeness (QED) is 0.175. The molecule has 0 aliphatic carbocycles. The zero-order valence-electron chi connectivity index (χ0n) is 27.4. The molecule has 49 heavy (non-hydrogen) atoms. The Hall–Kier alpha value is -5.32. The highest BCUT2D eigenvalue weighted by molar-refractivity contribution is 5.92. The number of amides is 3. The molecule has 4 aromatic rings. The second kappa shape index (κ2) is 14.4. The zero-order valence-corrected chi connectivity index (χ0v) is 27.4. The van der Waals surface area contributed by atoms with Gasteiger partial charge in [-0.2, -0.15) is 13.2 Å². The standard InChI is InChI=1S/C38H38F3N3O5/c1-37(2,3)43-36(48)44-20-19-28-15-18-30(49-23-25-11-16-29(17-12-25)38(39,40)41)22-31(28)33(44)34(45)42-32(35(46)47)21-24-9-13-27(14-10-24)26-7-5-4-6-8-26/h4-18,22,32-33H,19-21,23H2,1-3H3,(H,42,45)(H,43,48)(H,46,47)/t32-,33?/m0/s1. The smallest absolute Gasteiger partial charge is 0.416 e. The number of alkyl halides is 3. The molecular formula is C38H38F3N3O5. The molecule has 2 atom stereocenters. The summed E-state index contributed by atoms with van der Waals surface area (Å²) in [6.45, 7) is 5.61. The number of aliphatic carboxylic acids is 1. The lowest BCUT2D eigenvalue weighted by molar-refractivity contribution is -0.142. The summed E-state index contributed by atoms with van der Waals surface area (Å²) < 4.78 is 44.9. The maximum atomic E-state index is 14.1. The number of nitrogens with one attached hydrogen (secondary N) is 2. The van der Waals surface area contributed by atoms with E-state index in [1.54, 1.807) is 18.2 Å². The number of carbonyl (C=O) groups excluding carboxylic acids is 2. The van der Waals surface area contributed by atoms with Crippen molar-refractivity contribution in [1.82, 2.24) is 15.5 Å². The summed E-state index contributed by atoms with van der Waals surface area (Å²) in [6.07, 6.45) is -4.00. The van der Waals surface area contributed by atoms with E-state index in [4.69, 9.17) is 4.74 Å². The van der Waals surface area contributed by atoms with Crippen LogP contribution in [0.4, 0.5) is 18.0 Å². The van der Waals surface area contributed by atoms with Gasteiger partial charge in [0.05, 0.1) is 5.56 Å². The monoisotopic (exact) mass is 673 g/mol. The van der Waals surface area contributed by atoms with Crippen LogP contribution in [0, 0.1) is 0 Å². The van der Waals surface area contributed by atoms with Crippen LogP contribution in [0.5, 0.6) is 5.75 Å². The Morgan fingerprint density at radius 1 is 0.878 bits per heavy atom. The summed E-state index contributed by atoms with van der Waals surface area (Å²) in [5.74, 6) is -1.56. The number of halogens is 3. The van der Waals surface area contributed by atoms with E-state index in [1.165, 1.54) is 17.0 Å². The number of hydrogen-bond acceptors (Lipinski definition) is 4. The summed E-state index contributed by atoms with van der Waals surface area (Å²) in [7, 11) is 0. The SMILES string of the molecule is CC(C)(C)NC(=O)N1CCc2ccc(OCc3ccc(C(F)(F)F)cc3)cc2C1C(=O)N[C@@H](Cc1ccc(-c2ccccc2)cc1)C(=O)O. The van der Waals surface area contributed by atoms with Gasteiger partial charge < -0.3 is 25.4 Å². The van der Waals surface area contributed by atoms with Gasteiger partial charge in [0.1, 0.15) is 24.4 Å². The van der Waals surface area contributed by atoms with Gasteiger partial charge in [-0.05, 0) is 84.8 Å². The third kappa shape index (κ3) is 8.98. The van der Waals surface area contributed by atoms with E-state index < -0.39 is 47.3 Å². The minimum Gasteiger partial charge on any atom is -0.489 e. The van der Waals surface area contributed by atoms with Crippen LogP contribution in [-0.2, 0) is 35.2 Å². The maximum absolute atomic E-state index is 14.1. The van der Waals surface area contributed by atoms with E-state index in [0.29, 0.717) is 28.9 Å². The third-order valence-corrected chi connectivity index (χ3v) is 8.14. The average Bonchev–Trinajstić information content (AvgIpc) is 3.06. The second-order valence-electron chi connectivity index (χ2n) is 13.0. The van der Waals surface area contributed by atoms with Crippen molar-refractivity contribution in [3.05, 3.63) is 125 Å². The normalized spacial score (nSPS) is 15.1. The molecule has 11 heteroatoms. The fourth-order valence-electron chi connectivity index (χ4n) is 5.68. The number of fused-ring (bicyclic) bond motifs is 1. The maximum Gasteiger partial charge on any atom is 0.416 e. The van der Waals surface area contributed by atoms with Crippen molar-refractivity contribution >= 4 is 17.9 Å². The van der Waals surface area contributed by atoms with Crippen LogP contribution >= 0.6 is 0 Å². The van der Waals surface area contributed by atoms with E-state index in [1.807, 2.05) is 75.4 Å². The molecule has 0 aromatic heterocycles. The van der Waals surface area contributed by atoms with Gasteiger partial charge in [0.15, 0.2) is 0 Å². The highest BCUT2D eigenvalue weighted by Crippen LogP contribution is 2.34. The molecule has 0 spiro atoms. The first-order valence-electron chi connectivity index (χ1n) is 15.9. The first-order valence-corrected chi connectivity index (χ1v) is 15.9. The van der Waals surface area contributed by atoms with Gasteiger partial charge in [-0.3, -0.25) is 4.79 Å². The van der Waals surface area contributed by atoms with Crippen LogP contribution in [0.1, 0.15) is 54.6 Å². The Bertz CT molecular complexity index is 1790. The summed E-state index contributed by atoms with van der Waals surface area (Å²) in [6, 6.07) is 23.9. The Morgan fingerprint density at radius 3 is 2.12 bits per heavy atom. The van der Waals surface area contributed by atoms with Gasteiger partial charge >= 0.3 is 18.2 Å². The lowest BCUT2D eigenvalue weighted by atomic mass is 9.91. The van der Waals surface area contributed by atoms with Crippen molar-refractivity contribution in [2.75, 3.05) is 6.54 Å². The molecule has 4 aromatic carbocycles. The fourth-order valence-corrected chi connectivity index (χ4v) is 5.68. The van der Waals surface area contributed by atoms with Crippen molar-refractivity contribution in [3.8, 4) is 16.9 Å². The number of nitrogens with zero attached hydrogens (tertiary/aromatic N) is 1. The predicted octanol–water partition coefficient (Wildman–Crippen LogP) is 7.17. The minimum atomic E-state index is -4.45. The third-order valence-electron chi connectivity index (χ3n) is 8.14. The molecule has 0 radical (unpaired) electrons. The largest absolute Gasteiger partial charge is 0.489 e. The Labute approximate surface area is 282 Å². The molecule has 0 bridgehead atoms. The Morgan fingerprint density at radius 2 is 1.51 bits per heavy atom. The molecular weight excluding hydrogens is 635 g/mol. The lowest BCUT2D eigenvalue weighted by Gasteiger charge is -2.38. The zero-order chi connectivity index (χ0) is 35.3. The van der Waals surface area contributed by atoms with Crippen LogP contribution in [0.25, 0.3) is 11.1 Å². The van der Waals surface area contributed by atoms with E-state index >= 15 is 0 Å². The van der Waals surface area contributed by atoms with Gasteiger partial charge in [0.2, 0.25) is 5.91 Å². The van der Waals surface area contributed by atoms with Crippen molar-refractivity contribution in [2.24, 2.45) is 0 Å². The highest BCUT2D eigenvalue weighted by atomic mass is 19.4. The molecule has 5 rings (SSSR count). The molecule has 3 amide bonds. The number of rotatable bonds is 9. The Kier molecular flexibility index (Phi) is 10.3. The van der Waals surface area contributed by atoms with Crippen molar-refractivity contribution in [3.63, 3.8) is 0 Å². The molecule has 0 saturated heterocycles. The molecule has 1 aliphatic heterocycles. The molecule has 1 heterocycles. The van der Waals surface area contributed by atoms with Crippen LogP contribution in [0.2, 0.25) is 0 Å². The van der Waals surface area contributed by atoms with Crippen LogP contribution in [-0.4, -0.2) is 46.0 Å². The number of carbonyl (C=O) groups is 3. The number of carboxylic acid groups (broad SMARTS) is 1. The van der Waals surface area contributed by atoms with Crippen molar-refractivity contribution in [2.45, 2.75) is 64.0 Å². The van der Waals surface area contributed by atoms with Gasteiger partial charge in [-0.1, -0.05) is 72.8 Å². The van der Waals surface area contributed by atoms with E-state index in [-0.39, 0.29) is 19.6 Å². The Balaban J connectivity index is 1.38. The van der Waals surface area contributed by atoms with Crippen LogP contribution in [0.15, 0.2) is 97.1 Å². The number of hydrogen-bond donors (Lipinski definition) is 3. The molecule has 0 fully saturated rings. The molecule has 1 aliphatic rings. The average molecular weight is 674 g/mol. The van der Waals surface area contributed by atoms with Gasteiger partial charge in [-0.15, -0.1) is 0 Å². The highest BCUT2D eigenvalue weighted by Gasteiger charge is 2.39. The van der Waals surface area contributed by atoms with E-state index in [9.17, 15) is 32.7 Å². The second-order valence-corrected chi connectivity index (χ2v) is 13.0. The molecule has 3 N–H and O–H groups in total. The predicted molar refractivity (Wildman–Crippen MR) is 179 cm³/mol. The van der Waals surface area contributed by atoms with Crippen molar-refractivity contribution in [1.29, 1.82) is 0 Å². The van der Waals surface area contributed by atoms with E-state index in [2.05, 4.69) is 10.6 Å². The van der Waals surface area contributed by atoms with Crippen molar-refractivity contribution < 1.29 is 37.4 Å². The fraction of sp³-hybridized carbons (Fsp3) is 0.289. The topological polar surface area (TPSA) is 108 Å². The first-order chi connectivity index (χ1) is 23.2. The number of urea groups is 1. The lowest BCUT2D eigenvalue weighted by Crippen LogP contribution is -2.56.